The highest BCUT2D eigenvalue weighted by Crippen LogP contribution is 2.27. The molecule has 0 saturated carbocycles. The van der Waals surface area contributed by atoms with Gasteiger partial charge in [-0.1, -0.05) is 6.92 Å². The van der Waals surface area contributed by atoms with E-state index in [2.05, 4.69) is 15.9 Å². The predicted molar refractivity (Wildman–Crippen MR) is 78.5 cm³/mol. The van der Waals surface area contributed by atoms with Crippen molar-refractivity contribution in [3.8, 4) is 0 Å². The third-order valence-electron chi connectivity index (χ3n) is 2.31. The molecule has 0 aromatic heterocycles. The van der Waals surface area contributed by atoms with Gasteiger partial charge in [0, 0.05) is 21.8 Å². The number of carbonyl (C=O) groups is 1. The number of hydrogen-bond donors (Lipinski definition) is 0. The fourth-order valence-electron chi connectivity index (χ4n) is 1.39. The molecular formula is C12H13BrClFO5S. The maximum Gasteiger partial charge on any atom is 0.339 e. The Hall–Kier alpha value is -0.700. The van der Waals surface area contributed by atoms with Crippen molar-refractivity contribution in [1.82, 2.24) is 0 Å². The second-order valence-corrected chi connectivity index (χ2v) is 7.34. The van der Waals surface area contributed by atoms with Crippen molar-refractivity contribution in [2.24, 2.45) is 0 Å². The van der Waals surface area contributed by atoms with Crippen molar-refractivity contribution in [2.45, 2.75) is 18.2 Å². The molecule has 0 amide bonds. The van der Waals surface area contributed by atoms with Crippen molar-refractivity contribution >= 4 is 41.6 Å². The zero-order valence-corrected chi connectivity index (χ0v) is 14.2. The summed E-state index contributed by atoms with van der Waals surface area (Å²) in [7, 11) is 0.804. The first-order valence-corrected chi connectivity index (χ1v) is 9.06. The molecule has 0 radical (unpaired) electrons. The Morgan fingerprint density at radius 1 is 1.33 bits per heavy atom. The molecule has 0 bridgehead atoms. The molecule has 5 nitrogen and oxygen atoms in total. The molecule has 9 heteroatoms. The summed E-state index contributed by atoms with van der Waals surface area (Å²) in [5, 5.41) is 0. The lowest BCUT2D eigenvalue weighted by Crippen LogP contribution is -2.12. The first-order chi connectivity index (χ1) is 9.77. The molecular weight excluding hydrogens is 391 g/mol. The van der Waals surface area contributed by atoms with Gasteiger partial charge >= 0.3 is 5.97 Å². The first kappa shape index (κ1) is 18.3. The number of esters is 1. The number of rotatable bonds is 7. The van der Waals surface area contributed by atoms with Crippen LogP contribution in [0.25, 0.3) is 0 Å². The Morgan fingerprint density at radius 3 is 2.57 bits per heavy atom. The topological polar surface area (TPSA) is 69.7 Å². The molecule has 1 aromatic rings. The van der Waals surface area contributed by atoms with E-state index in [4.69, 9.17) is 20.2 Å². The van der Waals surface area contributed by atoms with Gasteiger partial charge in [0.05, 0.1) is 12.2 Å². The van der Waals surface area contributed by atoms with Gasteiger partial charge in [-0.3, -0.25) is 0 Å². The van der Waals surface area contributed by atoms with Gasteiger partial charge in [0.15, 0.2) is 0 Å². The molecule has 0 aliphatic heterocycles. The molecule has 0 atom stereocenters. The summed E-state index contributed by atoms with van der Waals surface area (Å²) in [6.45, 7) is 2.72. The van der Waals surface area contributed by atoms with Crippen molar-refractivity contribution < 1.29 is 27.1 Å². The summed E-state index contributed by atoms with van der Waals surface area (Å²) >= 11 is 2.97. The summed E-state index contributed by atoms with van der Waals surface area (Å²) < 4.78 is 46.0. The van der Waals surface area contributed by atoms with Crippen molar-refractivity contribution in [2.75, 3.05) is 19.8 Å². The standard InChI is InChI=1S/C12H13BrClFO5S/c1-2-3-19-4-5-20-12(16)8-6-11(21(14,17)18)10(15)7-9(8)13/h6-7H,2-5H2,1H3. The Labute approximate surface area is 134 Å². The van der Waals surface area contributed by atoms with E-state index in [0.717, 1.165) is 18.6 Å². The first-order valence-electron chi connectivity index (χ1n) is 5.96. The summed E-state index contributed by atoms with van der Waals surface area (Å²) in [6.07, 6.45) is 0.842. The normalized spacial score (nSPS) is 11.4. The van der Waals surface area contributed by atoms with Crippen LogP contribution in [-0.4, -0.2) is 34.2 Å². The minimum absolute atomic E-state index is 0.00556. The second kappa shape index (κ2) is 8.07. The fraction of sp³-hybridized carbons (Fsp3) is 0.417. The van der Waals surface area contributed by atoms with E-state index < -0.39 is 25.7 Å². The fourth-order valence-corrected chi connectivity index (χ4v) is 2.77. The molecule has 0 aliphatic rings. The minimum atomic E-state index is -4.29. The molecule has 1 rings (SSSR count). The van der Waals surface area contributed by atoms with Gasteiger partial charge in [0.2, 0.25) is 0 Å². The maximum atomic E-state index is 13.5. The lowest BCUT2D eigenvalue weighted by Gasteiger charge is -2.08. The van der Waals surface area contributed by atoms with E-state index in [9.17, 15) is 17.6 Å². The molecule has 0 saturated heterocycles. The summed E-state index contributed by atoms with van der Waals surface area (Å²) in [5.41, 5.74) is -0.133. The predicted octanol–water partition coefficient (Wildman–Crippen LogP) is 3.10. The average molecular weight is 404 g/mol. The third-order valence-corrected chi connectivity index (χ3v) is 4.31. The molecule has 0 fully saturated rings. The van der Waals surface area contributed by atoms with Gasteiger partial charge < -0.3 is 9.47 Å². The van der Waals surface area contributed by atoms with E-state index >= 15 is 0 Å². The highest BCUT2D eigenvalue weighted by molar-refractivity contribution is 9.10. The Bertz CT molecular complexity index is 620. The molecule has 1 aromatic carbocycles. The van der Waals surface area contributed by atoms with E-state index in [1.165, 1.54) is 0 Å². The van der Waals surface area contributed by atoms with Crippen LogP contribution in [0.2, 0.25) is 0 Å². The molecule has 0 spiro atoms. The van der Waals surface area contributed by atoms with Crippen LogP contribution in [0.4, 0.5) is 4.39 Å². The minimum Gasteiger partial charge on any atom is -0.460 e. The highest BCUT2D eigenvalue weighted by atomic mass is 79.9. The van der Waals surface area contributed by atoms with Gasteiger partial charge in [0.25, 0.3) is 9.05 Å². The number of hydrogen-bond acceptors (Lipinski definition) is 5. The Kier molecular flexibility index (Phi) is 7.05. The maximum absolute atomic E-state index is 13.5. The van der Waals surface area contributed by atoms with Gasteiger partial charge in [-0.15, -0.1) is 0 Å². The van der Waals surface area contributed by atoms with Gasteiger partial charge in [-0.2, -0.15) is 0 Å². The lowest BCUT2D eigenvalue weighted by atomic mass is 10.2. The monoisotopic (exact) mass is 402 g/mol. The van der Waals surface area contributed by atoms with E-state index in [1.54, 1.807) is 0 Å². The van der Waals surface area contributed by atoms with Crippen LogP contribution < -0.4 is 0 Å². The van der Waals surface area contributed by atoms with E-state index in [0.29, 0.717) is 6.61 Å². The van der Waals surface area contributed by atoms with Crippen LogP contribution in [0, 0.1) is 5.82 Å². The number of carbonyl (C=O) groups excluding carboxylic acids is 1. The summed E-state index contributed by atoms with van der Waals surface area (Å²) in [4.78, 5) is 11.0. The molecule has 0 unspecified atom stereocenters. The number of ether oxygens (including phenoxy) is 2. The molecule has 0 aliphatic carbocycles. The third kappa shape index (κ3) is 5.54. The number of halogens is 3. The van der Waals surface area contributed by atoms with Crippen LogP contribution in [0.15, 0.2) is 21.5 Å². The van der Waals surface area contributed by atoms with Crippen molar-refractivity contribution in [1.29, 1.82) is 0 Å². The van der Waals surface area contributed by atoms with Crippen molar-refractivity contribution in [3.63, 3.8) is 0 Å². The molecule has 118 valence electrons. The lowest BCUT2D eigenvalue weighted by molar-refractivity contribution is 0.0317. The quantitative estimate of drug-likeness (QED) is 0.397. The van der Waals surface area contributed by atoms with E-state index in [-0.39, 0.29) is 23.2 Å². The number of benzene rings is 1. The van der Waals surface area contributed by atoms with Gasteiger partial charge in [0.1, 0.15) is 17.3 Å². The Balaban J connectivity index is 2.85. The highest BCUT2D eigenvalue weighted by Gasteiger charge is 2.22. The van der Waals surface area contributed by atoms with Crippen LogP contribution in [0.5, 0.6) is 0 Å². The average Bonchev–Trinajstić information content (AvgIpc) is 2.36. The summed E-state index contributed by atoms with van der Waals surface area (Å²) in [6, 6.07) is 1.68. The molecule has 21 heavy (non-hydrogen) atoms. The second-order valence-electron chi connectivity index (χ2n) is 3.95. The SMILES string of the molecule is CCCOCCOC(=O)c1cc(S(=O)(=O)Cl)c(F)cc1Br. The van der Waals surface area contributed by atoms with Crippen LogP contribution >= 0.6 is 26.6 Å². The smallest absolute Gasteiger partial charge is 0.339 e. The largest absolute Gasteiger partial charge is 0.460 e. The molecule has 0 heterocycles. The van der Waals surface area contributed by atoms with Gasteiger partial charge in [-0.05, 0) is 34.5 Å². The van der Waals surface area contributed by atoms with Crippen molar-refractivity contribution in [3.05, 3.63) is 28.0 Å². The van der Waals surface area contributed by atoms with Crippen LogP contribution in [-0.2, 0) is 18.5 Å². The Morgan fingerprint density at radius 2 is 2.00 bits per heavy atom. The molecule has 0 N–H and O–H groups in total. The van der Waals surface area contributed by atoms with Gasteiger partial charge in [-0.25, -0.2) is 17.6 Å². The van der Waals surface area contributed by atoms with E-state index in [1.807, 2.05) is 6.92 Å². The van der Waals surface area contributed by atoms with Crippen LogP contribution in [0.3, 0.4) is 0 Å². The zero-order valence-electron chi connectivity index (χ0n) is 11.1. The van der Waals surface area contributed by atoms with Crippen LogP contribution in [0.1, 0.15) is 23.7 Å². The summed E-state index contributed by atoms with van der Waals surface area (Å²) in [5.74, 6) is -1.86. The zero-order chi connectivity index (χ0) is 16.0.